The number of ether oxygens (including phenoxy) is 1. The first-order valence-corrected chi connectivity index (χ1v) is 7.03. The first kappa shape index (κ1) is 15.1. The zero-order valence-electron chi connectivity index (χ0n) is 12.9. The topological polar surface area (TPSA) is 56.1 Å². The van der Waals surface area contributed by atoms with E-state index in [0.29, 0.717) is 18.7 Å². The van der Waals surface area contributed by atoms with Crippen LogP contribution >= 0.6 is 0 Å². The Bertz CT molecular complexity index is 630. The van der Waals surface area contributed by atoms with Crippen molar-refractivity contribution in [2.45, 2.75) is 27.3 Å². The number of benzene rings is 1. The van der Waals surface area contributed by atoms with Crippen molar-refractivity contribution >= 4 is 5.91 Å². The highest BCUT2D eigenvalue weighted by molar-refractivity contribution is 5.94. The van der Waals surface area contributed by atoms with E-state index in [9.17, 15) is 4.79 Å². The molecule has 0 aliphatic heterocycles. The quantitative estimate of drug-likeness (QED) is 0.918. The van der Waals surface area contributed by atoms with Gasteiger partial charge in [-0.15, -0.1) is 0 Å². The molecule has 5 heteroatoms. The summed E-state index contributed by atoms with van der Waals surface area (Å²) in [5.41, 5.74) is 3.70. The maximum absolute atomic E-state index is 12.1. The second-order valence-electron chi connectivity index (χ2n) is 4.91. The Hall–Kier alpha value is -2.30. The van der Waals surface area contributed by atoms with Gasteiger partial charge in [0.15, 0.2) is 0 Å². The number of nitrogens with zero attached hydrogens (tertiary/aromatic N) is 2. The lowest BCUT2D eigenvalue weighted by molar-refractivity contribution is 0.0951. The molecule has 0 spiro atoms. The van der Waals surface area contributed by atoms with E-state index in [2.05, 4.69) is 10.4 Å². The van der Waals surface area contributed by atoms with Crippen LogP contribution in [0.2, 0.25) is 0 Å². The van der Waals surface area contributed by atoms with Crippen LogP contribution in [0.4, 0.5) is 0 Å². The van der Waals surface area contributed by atoms with E-state index in [1.807, 2.05) is 32.5 Å². The normalized spacial score (nSPS) is 10.5. The Kier molecular flexibility index (Phi) is 4.62. The van der Waals surface area contributed by atoms with E-state index >= 15 is 0 Å². The predicted molar refractivity (Wildman–Crippen MR) is 81.5 cm³/mol. The Morgan fingerprint density at radius 2 is 1.95 bits per heavy atom. The lowest BCUT2D eigenvalue weighted by Gasteiger charge is -2.07. The first-order chi connectivity index (χ1) is 10.0. The largest absolute Gasteiger partial charge is 0.494 e. The van der Waals surface area contributed by atoms with Gasteiger partial charge < -0.3 is 10.1 Å². The van der Waals surface area contributed by atoms with Crippen molar-refractivity contribution in [2.24, 2.45) is 7.05 Å². The molecule has 112 valence electrons. The summed E-state index contributed by atoms with van der Waals surface area (Å²) in [7, 11) is 1.90. The molecular weight excluding hydrogens is 266 g/mol. The molecule has 5 nitrogen and oxygen atoms in total. The number of aromatic nitrogens is 2. The second-order valence-corrected chi connectivity index (χ2v) is 4.91. The van der Waals surface area contributed by atoms with Crippen molar-refractivity contribution in [1.82, 2.24) is 15.1 Å². The van der Waals surface area contributed by atoms with Crippen molar-refractivity contribution in [3.05, 3.63) is 46.8 Å². The van der Waals surface area contributed by atoms with Gasteiger partial charge in [0.25, 0.3) is 5.91 Å². The van der Waals surface area contributed by atoms with Gasteiger partial charge in [0.2, 0.25) is 0 Å². The highest BCUT2D eigenvalue weighted by Gasteiger charge is 2.11. The average Bonchev–Trinajstić information content (AvgIpc) is 2.71. The molecule has 0 unspecified atom stereocenters. The molecule has 0 saturated heterocycles. The highest BCUT2D eigenvalue weighted by Crippen LogP contribution is 2.14. The monoisotopic (exact) mass is 287 g/mol. The smallest absolute Gasteiger partial charge is 0.251 e. The maximum atomic E-state index is 12.1. The van der Waals surface area contributed by atoms with Gasteiger partial charge in [-0.05, 0) is 45.0 Å². The average molecular weight is 287 g/mol. The molecule has 0 aliphatic rings. The molecule has 0 atom stereocenters. The van der Waals surface area contributed by atoms with Gasteiger partial charge in [-0.25, -0.2) is 0 Å². The Labute approximate surface area is 124 Å². The number of rotatable bonds is 5. The van der Waals surface area contributed by atoms with E-state index in [1.165, 1.54) is 0 Å². The second kappa shape index (κ2) is 6.43. The molecule has 2 rings (SSSR count). The fraction of sp³-hybridized carbons (Fsp3) is 0.375. The molecule has 0 saturated carbocycles. The standard InChI is InChI=1S/C16H21N3O2/c1-5-21-14-8-6-13(7-9-14)16(20)17-10-15-11(2)18-19(4)12(15)3/h6-9H,5,10H2,1-4H3,(H,17,20). The molecule has 21 heavy (non-hydrogen) atoms. The van der Waals surface area contributed by atoms with E-state index < -0.39 is 0 Å². The lowest BCUT2D eigenvalue weighted by Crippen LogP contribution is -2.23. The summed E-state index contributed by atoms with van der Waals surface area (Å²) >= 11 is 0. The zero-order chi connectivity index (χ0) is 15.4. The minimum atomic E-state index is -0.0966. The fourth-order valence-corrected chi connectivity index (χ4v) is 2.21. The predicted octanol–water partition coefficient (Wildman–Crippen LogP) is 2.37. The van der Waals surface area contributed by atoms with Gasteiger partial charge in [-0.3, -0.25) is 9.48 Å². The van der Waals surface area contributed by atoms with Gasteiger partial charge in [-0.2, -0.15) is 5.10 Å². The lowest BCUT2D eigenvalue weighted by atomic mass is 10.1. The van der Waals surface area contributed by atoms with Crippen molar-refractivity contribution in [3.63, 3.8) is 0 Å². The zero-order valence-corrected chi connectivity index (χ0v) is 12.9. The summed E-state index contributed by atoms with van der Waals surface area (Å²) in [5.74, 6) is 0.675. The minimum Gasteiger partial charge on any atom is -0.494 e. The summed E-state index contributed by atoms with van der Waals surface area (Å²) in [5, 5.41) is 7.27. The molecular formula is C16H21N3O2. The molecule has 1 heterocycles. The SMILES string of the molecule is CCOc1ccc(C(=O)NCc2c(C)nn(C)c2C)cc1. The number of hydrogen-bond donors (Lipinski definition) is 1. The van der Waals surface area contributed by atoms with Crippen LogP contribution in [0, 0.1) is 13.8 Å². The van der Waals surface area contributed by atoms with Crippen LogP contribution in [0.1, 0.15) is 34.2 Å². The summed E-state index contributed by atoms with van der Waals surface area (Å²) in [4.78, 5) is 12.1. The van der Waals surface area contributed by atoms with Crippen molar-refractivity contribution < 1.29 is 9.53 Å². The summed E-state index contributed by atoms with van der Waals surface area (Å²) < 4.78 is 7.19. The van der Waals surface area contributed by atoms with E-state index in [1.54, 1.807) is 24.3 Å². The summed E-state index contributed by atoms with van der Waals surface area (Å²) in [6, 6.07) is 7.14. The molecule has 1 aromatic heterocycles. The minimum absolute atomic E-state index is 0.0966. The van der Waals surface area contributed by atoms with Crippen LogP contribution in [0.25, 0.3) is 0 Å². The van der Waals surface area contributed by atoms with Crippen molar-refractivity contribution in [3.8, 4) is 5.75 Å². The van der Waals surface area contributed by atoms with Gasteiger partial charge >= 0.3 is 0 Å². The Balaban J connectivity index is 2.01. The molecule has 2 aromatic rings. The molecule has 0 aliphatic carbocycles. The Morgan fingerprint density at radius 1 is 1.29 bits per heavy atom. The van der Waals surface area contributed by atoms with Gasteiger partial charge in [-0.1, -0.05) is 0 Å². The van der Waals surface area contributed by atoms with Gasteiger partial charge in [0.1, 0.15) is 5.75 Å². The number of amides is 1. The van der Waals surface area contributed by atoms with Gasteiger partial charge in [0.05, 0.1) is 12.3 Å². The van der Waals surface area contributed by atoms with Crippen molar-refractivity contribution in [2.75, 3.05) is 6.61 Å². The van der Waals surface area contributed by atoms with Crippen LogP contribution in [0.3, 0.4) is 0 Å². The molecule has 1 amide bonds. The third-order valence-electron chi connectivity index (χ3n) is 3.51. The van der Waals surface area contributed by atoms with Crippen LogP contribution in [-0.2, 0) is 13.6 Å². The number of aryl methyl sites for hydroxylation is 2. The summed E-state index contributed by atoms with van der Waals surface area (Å²) in [6.07, 6.45) is 0. The molecule has 0 fully saturated rings. The van der Waals surface area contributed by atoms with Crippen LogP contribution in [0.5, 0.6) is 5.75 Å². The molecule has 1 N–H and O–H groups in total. The Morgan fingerprint density at radius 3 is 2.48 bits per heavy atom. The van der Waals surface area contributed by atoms with Crippen LogP contribution in [0.15, 0.2) is 24.3 Å². The molecule has 1 aromatic carbocycles. The van der Waals surface area contributed by atoms with E-state index in [0.717, 1.165) is 22.7 Å². The number of hydrogen-bond acceptors (Lipinski definition) is 3. The number of carbonyl (C=O) groups is 1. The summed E-state index contributed by atoms with van der Waals surface area (Å²) in [6.45, 7) is 6.98. The van der Waals surface area contributed by atoms with Crippen LogP contribution in [-0.4, -0.2) is 22.3 Å². The third-order valence-corrected chi connectivity index (χ3v) is 3.51. The van der Waals surface area contributed by atoms with Crippen LogP contribution < -0.4 is 10.1 Å². The maximum Gasteiger partial charge on any atom is 0.251 e. The molecule has 0 radical (unpaired) electrons. The number of nitrogens with one attached hydrogen (secondary N) is 1. The van der Waals surface area contributed by atoms with E-state index in [4.69, 9.17) is 4.74 Å². The van der Waals surface area contributed by atoms with Gasteiger partial charge in [0, 0.05) is 30.4 Å². The highest BCUT2D eigenvalue weighted by atomic mass is 16.5. The third kappa shape index (κ3) is 3.42. The molecule has 0 bridgehead atoms. The fourth-order valence-electron chi connectivity index (χ4n) is 2.21. The van der Waals surface area contributed by atoms with Crippen molar-refractivity contribution in [1.29, 1.82) is 0 Å². The first-order valence-electron chi connectivity index (χ1n) is 7.03. The number of carbonyl (C=O) groups excluding carboxylic acids is 1. The van der Waals surface area contributed by atoms with E-state index in [-0.39, 0.29) is 5.91 Å².